The zero-order chi connectivity index (χ0) is 18.7. The summed E-state index contributed by atoms with van der Waals surface area (Å²) in [5.74, 6) is 2.62. The molecule has 160 valence electrons. The first kappa shape index (κ1) is 23.4. The number of aromatic nitrogens is 3. The van der Waals surface area contributed by atoms with Crippen LogP contribution in [0.15, 0.2) is 11.3 Å². The van der Waals surface area contributed by atoms with Crippen LogP contribution in [-0.2, 0) is 0 Å². The molecule has 2 saturated heterocycles. The first-order chi connectivity index (χ1) is 13.4. The number of hydrogen-bond acceptors (Lipinski definition) is 4. The average Bonchev–Trinajstić information content (AvgIpc) is 3.25. The van der Waals surface area contributed by atoms with Gasteiger partial charge in [-0.05, 0) is 65.1 Å². The second kappa shape index (κ2) is 13.3. The summed E-state index contributed by atoms with van der Waals surface area (Å²) >= 11 is 0. The van der Waals surface area contributed by atoms with E-state index in [1.165, 1.54) is 58.2 Å². The highest BCUT2D eigenvalue weighted by Crippen LogP contribution is 2.24. The van der Waals surface area contributed by atoms with Crippen LogP contribution in [0.4, 0.5) is 0 Å². The van der Waals surface area contributed by atoms with E-state index in [9.17, 15) is 0 Å². The van der Waals surface area contributed by atoms with Gasteiger partial charge in [-0.1, -0.05) is 12.8 Å². The SMILES string of the molecule is CCNC(=NCCCCCN1CCCCC1)N1CCC(c2ncn[nH]2)CC1.I. The van der Waals surface area contributed by atoms with Crippen LogP contribution in [0, 0.1) is 0 Å². The molecule has 0 bridgehead atoms. The minimum absolute atomic E-state index is 0. The lowest BCUT2D eigenvalue weighted by Gasteiger charge is -2.33. The highest BCUT2D eigenvalue weighted by Gasteiger charge is 2.24. The number of aliphatic imine (C=N–C) groups is 1. The maximum atomic E-state index is 4.89. The van der Waals surface area contributed by atoms with Crippen LogP contribution in [-0.4, -0.2) is 76.8 Å². The number of halogens is 1. The molecule has 1 aromatic rings. The highest BCUT2D eigenvalue weighted by atomic mass is 127. The summed E-state index contributed by atoms with van der Waals surface area (Å²) < 4.78 is 0. The fourth-order valence-electron chi connectivity index (χ4n) is 4.19. The molecule has 2 aliphatic heterocycles. The third-order valence-electron chi connectivity index (χ3n) is 5.79. The summed E-state index contributed by atoms with van der Waals surface area (Å²) in [7, 11) is 0. The van der Waals surface area contributed by atoms with Crippen molar-refractivity contribution in [3.8, 4) is 0 Å². The number of H-pyrrole nitrogens is 1. The van der Waals surface area contributed by atoms with E-state index < -0.39 is 0 Å². The van der Waals surface area contributed by atoms with E-state index in [0.717, 1.165) is 50.8 Å². The quantitative estimate of drug-likeness (QED) is 0.247. The molecule has 0 amide bonds. The second-order valence-corrected chi connectivity index (χ2v) is 7.83. The average molecular weight is 503 g/mol. The summed E-state index contributed by atoms with van der Waals surface area (Å²) in [5.41, 5.74) is 0. The topological polar surface area (TPSA) is 72.4 Å². The Kier molecular flexibility index (Phi) is 11.1. The Morgan fingerprint density at radius 3 is 2.61 bits per heavy atom. The Labute approximate surface area is 187 Å². The van der Waals surface area contributed by atoms with Gasteiger partial charge in [-0.3, -0.25) is 10.1 Å². The molecular weight excluding hydrogens is 465 g/mol. The highest BCUT2D eigenvalue weighted by molar-refractivity contribution is 14.0. The van der Waals surface area contributed by atoms with Gasteiger partial charge in [-0.15, -0.1) is 24.0 Å². The molecule has 0 spiro atoms. The lowest BCUT2D eigenvalue weighted by molar-refractivity contribution is 0.224. The molecule has 2 fully saturated rings. The molecule has 0 atom stereocenters. The van der Waals surface area contributed by atoms with Gasteiger partial charge in [0.1, 0.15) is 12.2 Å². The number of nitrogens with zero attached hydrogens (tertiary/aromatic N) is 5. The van der Waals surface area contributed by atoms with Gasteiger partial charge < -0.3 is 15.1 Å². The van der Waals surface area contributed by atoms with Gasteiger partial charge >= 0.3 is 0 Å². The molecule has 1 aromatic heterocycles. The predicted octanol–water partition coefficient (Wildman–Crippen LogP) is 3.22. The standard InChI is InChI=1S/C20H37N7.HI/c1-2-21-20(22-11-5-3-6-12-26-13-7-4-8-14-26)27-15-9-18(10-16-27)19-23-17-24-25-19;/h17-18H,2-16H2,1H3,(H,21,22)(H,23,24,25);1H. The van der Waals surface area contributed by atoms with E-state index in [-0.39, 0.29) is 24.0 Å². The fourth-order valence-corrected chi connectivity index (χ4v) is 4.19. The van der Waals surface area contributed by atoms with Gasteiger partial charge in [0, 0.05) is 32.1 Å². The predicted molar refractivity (Wildman–Crippen MR) is 125 cm³/mol. The van der Waals surface area contributed by atoms with Crippen LogP contribution in [0.5, 0.6) is 0 Å². The van der Waals surface area contributed by atoms with Gasteiger partial charge in [-0.25, -0.2) is 4.98 Å². The molecule has 7 nitrogen and oxygen atoms in total. The third-order valence-corrected chi connectivity index (χ3v) is 5.79. The maximum Gasteiger partial charge on any atom is 0.193 e. The van der Waals surface area contributed by atoms with Crippen LogP contribution in [0.3, 0.4) is 0 Å². The molecule has 3 rings (SSSR count). The molecule has 0 aliphatic carbocycles. The maximum absolute atomic E-state index is 4.89. The lowest BCUT2D eigenvalue weighted by atomic mass is 9.96. The molecule has 0 saturated carbocycles. The van der Waals surface area contributed by atoms with Gasteiger partial charge in [0.2, 0.25) is 0 Å². The number of unbranched alkanes of at least 4 members (excludes halogenated alkanes) is 2. The van der Waals surface area contributed by atoms with E-state index in [0.29, 0.717) is 5.92 Å². The molecule has 0 radical (unpaired) electrons. The molecule has 3 heterocycles. The molecule has 0 unspecified atom stereocenters. The van der Waals surface area contributed by atoms with Gasteiger partial charge in [0.05, 0.1) is 0 Å². The van der Waals surface area contributed by atoms with Gasteiger partial charge in [0.25, 0.3) is 0 Å². The van der Waals surface area contributed by atoms with Crippen molar-refractivity contribution in [1.29, 1.82) is 0 Å². The zero-order valence-corrected chi connectivity index (χ0v) is 19.7. The molecule has 2 N–H and O–H groups in total. The van der Waals surface area contributed by atoms with Crippen LogP contribution in [0.1, 0.15) is 70.0 Å². The Morgan fingerprint density at radius 2 is 1.93 bits per heavy atom. The van der Waals surface area contributed by atoms with E-state index in [2.05, 4.69) is 37.2 Å². The van der Waals surface area contributed by atoms with E-state index in [1.807, 2.05) is 0 Å². The smallest absolute Gasteiger partial charge is 0.193 e. The summed E-state index contributed by atoms with van der Waals surface area (Å²) in [4.78, 5) is 14.3. The summed E-state index contributed by atoms with van der Waals surface area (Å²) in [6, 6.07) is 0. The Balaban J connectivity index is 0.00000280. The Hall–Kier alpha value is -0.900. The number of rotatable bonds is 8. The van der Waals surface area contributed by atoms with E-state index in [4.69, 9.17) is 4.99 Å². The van der Waals surface area contributed by atoms with Crippen LogP contribution >= 0.6 is 24.0 Å². The molecule has 2 aliphatic rings. The Bertz CT molecular complexity index is 535. The fraction of sp³-hybridized carbons (Fsp3) is 0.850. The van der Waals surface area contributed by atoms with Crippen molar-refractivity contribution in [2.45, 2.75) is 64.2 Å². The number of hydrogen-bond donors (Lipinski definition) is 2. The van der Waals surface area contributed by atoms with Crippen LogP contribution < -0.4 is 5.32 Å². The zero-order valence-electron chi connectivity index (χ0n) is 17.4. The monoisotopic (exact) mass is 503 g/mol. The normalized spacial score (nSPS) is 19.5. The number of piperidine rings is 2. The number of nitrogens with one attached hydrogen (secondary N) is 2. The minimum atomic E-state index is 0. The summed E-state index contributed by atoms with van der Waals surface area (Å²) in [6.45, 7) is 9.98. The molecule has 28 heavy (non-hydrogen) atoms. The first-order valence-corrected chi connectivity index (χ1v) is 11.0. The lowest BCUT2D eigenvalue weighted by Crippen LogP contribution is -2.45. The van der Waals surface area contributed by atoms with Crippen molar-refractivity contribution in [2.75, 3.05) is 45.8 Å². The molecule has 0 aromatic carbocycles. The molecular formula is C20H38IN7. The van der Waals surface area contributed by atoms with Crippen molar-refractivity contribution < 1.29 is 0 Å². The number of aromatic amines is 1. The summed E-state index contributed by atoms with van der Waals surface area (Å²) in [6.07, 6.45) is 11.8. The van der Waals surface area contributed by atoms with Crippen molar-refractivity contribution in [3.05, 3.63) is 12.2 Å². The second-order valence-electron chi connectivity index (χ2n) is 7.83. The minimum Gasteiger partial charge on any atom is -0.357 e. The van der Waals surface area contributed by atoms with Gasteiger partial charge in [-0.2, -0.15) is 5.10 Å². The third kappa shape index (κ3) is 7.50. The van der Waals surface area contributed by atoms with Crippen LogP contribution in [0.25, 0.3) is 0 Å². The number of guanidine groups is 1. The number of likely N-dealkylation sites (tertiary alicyclic amines) is 2. The first-order valence-electron chi connectivity index (χ1n) is 11.0. The van der Waals surface area contributed by atoms with Crippen molar-refractivity contribution >= 4 is 29.9 Å². The van der Waals surface area contributed by atoms with Gasteiger partial charge in [0.15, 0.2) is 5.96 Å². The Morgan fingerprint density at radius 1 is 1.14 bits per heavy atom. The molecule has 8 heteroatoms. The van der Waals surface area contributed by atoms with E-state index >= 15 is 0 Å². The van der Waals surface area contributed by atoms with E-state index in [1.54, 1.807) is 6.33 Å². The largest absolute Gasteiger partial charge is 0.357 e. The summed E-state index contributed by atoms with van der Waals surface area (Å²) in [5, 5.41) is 10.5. The van der Waals surface area contributed by atoms with Crippen LogP contribution in [0.2, 0.25) is 0 Å². The van der Waals surface area contributed by atoms with Crippen molar-refractivity contribution in [2.24, 2.45) is 4.99 Å². The van der Waals surface area contributed by atoms with Crippen molar-refractivity contribution in [3.63, 3.8) is 0 Å². The van der Waals surface area contributed by atoms with Crippen molar-refractivity contribution in [1.82, 2.24) is 30.3 Å².